The molecule has 28 heavy (non-hydrogen) atoms. The van der Waals surface area contributed by atoms with Crippen molar-refractivity contribution in [3.63, 3.8) is 0 Å². The second-order valence-electron chi connectivity index (χ2n) is 6.67. The molecule has 2 aromatic heterocycles. The number of aromatic nitrogens is 4. The van der Waals surface area contributed by atoms with Crippen molar-refractivity contribution in [1.29, 1.82) is 0 Å². The molecule has 146 valence electrons. The second-order valence-corrected chi connectivity index (χ2v) is 6.67. The lowest BCUT2D eigenvalue weighted by Gasteiger charge is -2.11. The van der Waals surface area contributed by atoms with Gasteiger partial charge in [0.1, 0.15) is 24.3 Å². The number of aryl methyl sites for hydroxylation is 3. The number of hydrogen-bond acceptors (Lipinski definition) is 5. The molecule has 0 bridgehead atoms. The topological polar surface area (TPSA) is 96.8 Å². The summed E-state index contributed by atoms with van der Waals surface area (Å²) < 4.78 is 1.91. The molecule has 0 fully saturated rings. The standard InChI is InChI=1S/C20H25N7O/c1-13-5-6-17(14(2)9-13)26-20(28)22-8-7-21-18-10-19(24-11-23-18)27-12-25-15(3)16(27)4/h5-6,9-12H,7-8H2,1-4H3,(H,21,23,24)(H2,22,26,28). The van der Waals surface area contributed by atoms with Crippen molar-refractivity contribution >= 4 is 17.5 Å². The molecule has 0 aliphatic rings. The fourth-order valence-electron chi connectivity index (χ4n) is 2.79. The van der Waals surface area contributed by atoms with E-state index >= 15 is 0 Å². The van der Waals surface area contributed by atoms with E-state index in [0.29, 0.717) is 18.9 Å². The first kappa shape index (κ1) is 19.3. The van der Waals surface area contributed by atoms with Crippen LogP contribution in [0.2, 0.25) is 0 Å². The number of benzene rings is 1. The summed E-state index contributed by atoms with van der Waals surface area (Å²) in [5, 5.41) is 8.88. The van der Waals surface area contributed by atoms with Gasteiger partial charge in [-0.05, 0) is 39.3 Å². The summed E-state index contributed by atoms with van der Waals surface area (Å²) in [6, 6.07) is 7.53. The summed E-state index contributed by atoms with van der Waals surface area (Å²) in [4.78, 5) is 24.9. The number of nitrogens with zero attached hydrogens (tertiary/aromatic N) is 4. The van der Waals surface area contributed by atoms with E-state index in [9.17, 15) is 4.79 Å². The zero-order valence-corrected chi connectivity index (χ0v) is 16.6. The molecule has 3 N–H and O–H groups in total. The van der Waals surface area contributed by atoms with E-state index in [4.69, 9.17) is 0 Å². The van der Waals surface area contributed by atoms with Crippen molar-refractivity contribution in [2.75, 3.05) is 23.7 Å². The molecule has 0 saturated heterocycles. The normalized spacial score (nSPS) is 10.6. The summed E-state index contributed by atoms with van der Waals surface area (Å²) in [7, 11) is 0. The molecular formula is C20H25N7O. The van der Waals surface area contributed by atoms with E-state index < -0.39 is 0 Å². The molecule has 8 heteroatoms. The van der Waals surface area contributed by atoms with Crippen LogP contribution in [-0.2, 0) is 0 Å². The first-order valence-corrected chi connectivity index (χ1v) is 9.13. The zero-order chi connectivity index (χ0) is 20.1. The summed E-state index contributed by atoms with van der Waals surface area (Å²) in [5.74, 6) is 1.43. The number of anilines is 2. The van der Waals surface area contributed by atoms with Gasteiger partial charge in [0.25, 0.3) is 0 Å². The first-order valence-electron chi connectivity index (χ1n) is 9.13. The molecule has 0 radical (unpaired) electrons. The highest BCUT2D eigenvalue weighted by Crippen LogP contribution is 2.16. The van der Waals surface area contributed by atoms with Crippen molar-refractivity contribution in [3.05, 3.63) is 59.4 Å². The number of rotatable bonds is 6. The van der Waals surface area contributed by atoms with Crippen molar-refractivity contribution in [2.24, 2.45) is 0 Å². The Labute approximate surface area is 164 Å². The molecule has 3 rings (SSSR count). The van der Waals surface area contributed by atoms with Gasteiger partial charge in [-0.3, -0.25) is 4.57 Å². The summed E-state index contributed by atoms with van der Waals surface area (Å²) >= 11 is 0. The third kappa shape index (κ3) is 4.64. The molecule has 0 saturated carbocycles. The van der Waals surface area contributed by atoms with E-state index in [2.05, 4.69) is 30.9 Å². The van der Waals surface area contributed by atoms with Crippen LogP contribution in [0.5, 0.6) is 0 Å². The number of nitrogens with one attached hydrogen (secondary N) is 3. The highest BCUT2D eigenvalue weighted by molar-refractivity contribution is 5.90. The third-order valence-corrected chi connectivity index (χ3v) is 4.50. The monoisotopic (exact) mass is 379 g/mol. The van der Waals surface area contributed by atoms with Gasteiger partial charge in [-0.15, -0.1) is 0 Å². The molecule has 0 spiro atoms. The largest absolute Gasteiger partial charge is 0.368 e. The first-order chi connectivity index (χ1) is 13.4. The van der Waals surface area contributed by atoms with Crippen molar-refractivity contribution < 1.29 is 4.79 Å². The molecule has 0 atom stereocenters. The Morgan fingerprint density at radius 3 is 2.57 bits per heavy atom. The fraction of sp³-hybridized carbons (Fsp3) is 0.300. The van der Waals surface area contributed by atoms with Crippen LogP contribution in [0, 0.1) is 27.7 Å². The van der Waals surface area contributed by atoms with Crippen LogP contribution < -0.4 is 16.0 Å². The van der Waals surface area contributed by atoms with Gasteiger partial charge in [0.15, 0.2) is 0 Å². The maximum atomic E-state index is 12.1. The fourth-order valence-corrected chi connectivity index (χ4v) is 2.79. The van der Waals surface area contributed by atoms with Gasteiger partial charge in [0, 0.05) is 30.5 Å². The number of urea groups is 1. The van der Waals surface area contributed by atoms with Gasteiger partial charge in [-0.1, -0.05) is 17.7 Å². The Kier molecular flexibility index (Phi) is 5.88. The minimum absolute atomic E-state index is 0.235. The molecule has 2 heterocycles. The molecule has 3 aromatic rings. The maximum Gasteiger partial charge on any atom is 0.319 e. The number of carbonyl (C=O) groups excluding carboxylic acids is 1. The van der Waals surface area contributed by atoms with Gasteiger partial charge >= 0.3 is 6.03 Å². The molecule has 1 aromatic carbocycles. The van der Waals surface area contributed by atoms with E-state index in [1.165, 1.54) is 6.33 Å². The van der Waals surface area contributed by atoms with Crippen molar-refractivity contribution in [2.45, 2.75) is 27.7 Å². The third-order valence-electron chi connectivity index (χ3n) is 4.50. The molecular weight excluding hydrogens is 354 g/mol. The van der Waals surface area contributed by atoms with E-state index in [1.807, 2.05) is 56.5 Å². The minimum Gasteiger partial charge on any atom is -0.368 e. The lowest BCUT2D eigenvalue weighted by Crippen LogP contribution is -2.33. The van der Waals surface area contributed by atoms with Gasteiger partial charge in [-0.25, -0.2) is 19.7 Å². The molecule has 2 amide bonds. The Morgan fingerprint density at radius 1 is 1.04 bits per heavy atom. The average Bonchev–Trinajstić information content (AvgIpc) is 3.00. The Hall–Kier alpha value is -3.42. The van der Waals surface area contributed by atoms with E-state index in [1.54, 1.807) is 6.33 Å². The number of imidazole rings is 1. The SMILES string of the molecule is Cc1ccc(NC(=O)NCCNc2cc(-n3cnc(C)c3C)ncn2)c(C)c1. The van der Waals surface area contributed by atoms with Crippen molar-refractivity contribution in [3.8, 4) is 5.82 Å². The molecule has 0 aliphatic carbocycles. The highest BCUT2D eigenvalue weighted by Gasteiger charge is 2.07. The van der Waals surface area contributed by atoms with Crippen molar-refractivity contribution in [1.82, 2.24) is 24.8 Å². The molecule has 0 aliphatic heterocycles. The van der Waals surface area contributed by atoms with Gasteiger partial charge in [0.2, 0.25) is 0 Å². The zero-order valence-electron chi connectivity index (χ0n) is 16.6. The van der Waals surface area contributed by atoms with E-state index in [-0.39, 0.29) is 6.03 Å². The highest BCUT2D eigenvalue weighted by atomic mass is 16.2. The smallest absolute Gasteiger partial charge is 0.319 e. The predicted molar refractivity (Wildman–Crippen MR) is 110 cm³/mol. The van der Waals surface area contributed by atoms with Crippen LogP contribution >= 0.6 is 0 Å². The van der Waals surface area contributed by atoms with Crippen LogP contribution in [0.25, 0.3) is 5.82 Å². The van der Waals surface area contributed by atoms with Gasteiger partial charge in [-0.2, -0.15) is 0 Å². The van der Waals surface area contributed by atoms with Crippen LogP contribution in [0.3, 0.4) is 0 Å². The number of carbonyl (C=O) groups is 1. The summed E-state index contributed by atoms with van der Waals surface area (Å²) in [5.41, 5.74) is 5.01. The predicted octanol–water partition coefficient (Wildman–Crippen LogP) is 3.13. The number of amides is 2. The van der Waals surface area contributed by atoms with Gasteiger partial charge in [0.05, 0.1) is 5.69 Å². The summed E-state index contributed by atoms with van der Waals surface area (Å²) in [6.45, 7) is 8.95. The van der Waals surface area contributed by atoms with E-state index in [0.717, 1.165) is 34.0 Å². The Morgan fingerprint density at radius 2 is 1.86 bits per heavy atom. The quantitative estimate of drug-likeness (QED) is 0.572. The van der Waals surface area contributed by atoms with Crippen LogP contribution in [0.15, 0.2) is 36.9 Å². The van der Waals surface area contributed by atoms with Crippen LogP contribution in [0.1, 0.15) is 22.5 Å². The van der Waals surface area contributed by atoms with Crippen LogP contribution in [0.4, 0.5) is 16.3 Å². The molecule has 8 nitrogen and oxygen atoms in total. The van der Waals surface area contributed by atoms with Gasteiger partial charge < -0.3 is 16.0 Å². The second kappa shape index (κ2) is 8.51. The number of hydrogen-bond donors (Lipinski definition) is 3. The lowest BCUT2D eigenvalue weighted by atomic mass is 10.1. The summed E-state index contributed by atoms with van der Waals surface area (Å²) in [6.07, 6.45) is 3.25. The average molecular weight is 379 g/mol. The minimum atomic E-state index is -0.235. The molecule has 0 unspecified atom stereocenters. The maximum absolute atomic E-state index is 12.1. The van der Waals surface area contributed by atoms with Crippen LogP contribution in [-0.4, -0.2) is 38.6 Å². The lowest BCUT2D eigenvalue weighted by molar-refractivity contribution is 0.252. The Balaban J connectivity index is 1.49. The Bertz CT molecular complexity index is 980.